The Labute approximate surface area is 99.9 Å². The summed E-state index contributed by atoms with van der Waals surface area (Å²) < 4.78 is 27.5. The summed E-state index contributed by atoms with van der Waals surface area (Å²) in [5, 5.41) is 0. The first-order valence-corrected chi connectivity index (χ1v) is 5.73. The van der Waals surface area contributed by atoms with E-state index in [1.54, 1.807) is 0 Å². The van der Waals surface area contributed by atoms with Crippen LogP contribution in [0, 0.1) is 11.6 Å². The molecule has 2 aromatic rings. The molecule has 2 rings (SSSR count). The molecule has 0 aliphatic rings. The molecule has 0 heterocycles. The van der Waals surface area contributed by atoms with E-state index in [9.17, 15) is 8.78 Å². The SMILES string of the molecule is CCC(c1ccccc1)c1c(F)cccc1F. The van der Waals surface area contributed by atoms with Crippen molar-refractivity contribution >= 4 is 0 Å². The Kier molecular flexibility index (Phi) is 3.52. The van der Waals surface area contributed by atoms with Crippen LogP contribution < -0.4 is 0 Å². The van der Waals surface area contributed by atoms with Gasteiger partial charge in [0, 0.05) is 11.5 Å². The van der Waals surface area contributed by atoms with Crippen LogP contribution in [0.2, 0.25) is 0 Å². The van der Waals surface area contributed by atoms with Gasteiger partial charge in [0.05, 0.1) is 0 Å². The van der Waals surface area contributed by atoms with Crippen LogP contribution in [0.4, 0.5) is 8.78 Å². The first-order valence-electron chi connectivity index (χ1n) is 5.73. The molecule has 0 aromatic heterocycles. The van der Waals surface area contributed by atoms with Gasteiger partial charge in [-0.3, -0.25) is 0 Å². The lowest BCUT2D eigenvalue weighted by Gasteiger charge is -2.17. The predicted octanol–water partition coefficient (Wildman–Crippen LogP) is 4.51. The molecule has 0 bridgehead atoms. The predicted molar refractivity (Wildman–Crippen MR) is 64.9 cm³/mol. The van der Waals surface area contributed by atoms with Crippen LogP contribution >= 0.6 is 0 Å². The van der Waals surface area contributed by atoms with Crippen LogP contribution in [-0.4, -0.2) is 0 Å². The maximum atomic E-state index is 13.7. The van der Waals surface area contributed by atoms with Crippen molar-refractivity contribution in [3.63, 3.8) is 0 Å². The minimum absolute atomic E-state index is 0.168. The smallest absolute Gasteiger partial charge is 0.129 e. The second kappa shape index (κ2) is 5.09. The van der Waals surface area contributed by atoms with Gasteiger partial charge in [-0.2, -0.15) is 0 Å². The molecule has 0 aliphatic carbocycles. The maximum Gasteiger partial charge on any atom is 0.129 e. The highest BCUT2D eigenvalue weighted by Crippen LogP contribution is 2.31. The van der Waals surface area contributed by atoms with Gasteiger partial charge >= 0.3 is 0 Å². The standard InChI is InChI=1S/C15H14F2/c1-2-12(11-7-4-3-5-8-11)15-13(16)9-6-10-14(15)17/h3-10,12H,2H2,1H3. The Balaban J connectivity index is 2.50. The van der Waals surface area contributed by atoms with E-state index in [0.29, 0.717) is 6.42 Å². The molecule has 0 fully saturated rings. The van der Waals surface area contributed by atoms with Gasteiger partial charge < -0.3 is 0 Å². The van der Waals surface area contributed by atoms with E-state index >= 15 is 0 Å². The molecular weight excluding hydrogens is 218 g/mol. The zero-order valence-corrected chi connectivity index (χ0v) is 9.66. The summed E-state index contributed by atoms with van der Waals surface area (Å²) in [6.07, 6.45) is 0.669. The third-order valence-corrected chi connectivity index (χ3v) is 2.96. The van der Waals surface area contributed by atoms with Gasteiger partial charge in [0.1, 0.15) is 11.6 Å². The van der Waals surface area contributed by atoms with Crippen molar-refractivity contribution in [2.75, 3.05) is 0 Å². The fourth-order valence-corrected chi connectivity index (χ4v) is 2.14. The second-order valence-corrected chi connectivity index (χ2v) is 4.01. The van der Waals surface area contributed by atoms with Gasteiger partial charge in [0.15, 0.2) is 0 Å². The van der Waals surface area contributed by atoms with Crippen molar-refractivity contribution in [3.05, 3.63) is 71.3 Å². The minimum Gasteiger partial charge on any atom is -0.207 e. The maximum absolute atomic E-state index is 13.7. The average molecular weight is 232 g/mol. The fraction of sp³-hybridized carbons (Fsp3) is 0.200. The molecule has 0 N–H and O–H groups in total. The quantitative estimate of drug-likeness (QED) is 0.730. The van der Waals surface area contributed by atoms with E-state index in [2.05, 4.69) is 0 Å². The summed E-state index contributed by atoms with van der Waals surface area (Å²) in [6, 6.07) is 13.5. The summed E-state index contributed by atoms with van der Waals surface area (Å²) >= 11 is 0. The Morgan fingerprint density at radius 1 is 0.882 bits per heavy atom. The first-order chi connectivity index (χ1) is 8.24. The lowest BCUT2D eigenvalue weighted by atomic mass is 9.88. The van der Waals surface area contributed by atoms with Crippen molar-refractivity contribution in [1.29, 1.82) is 0 Å². The summed E-state index contributed by atoms with van der Waals surface area (Å²) in [4.78, 5) is 0. The molecule has 2 heteroatoms. The third-order valence-electron chi connectivity index (χ3n) is 2.96. The Bertz CT molecular complexity index is 471. The molecular formula is C15H14F2. The number of hydrogen-bond acceptors (Lipinski definition) is 0. The number of rotatable bonds is 3. The topological polar surface area (TPSA) is 0 Å². The van der Waals surface area contributed by atoms with Crippen LogP contribution in [0.5, 0.6) is 0 Å². The zero-order valence-electron chi connectivity index (χ0n) is 9.66. The summed E-state index contributed by atoms with van der Waals surface area (Å²) in [5.74, 6) is -1.17. The molecule has 0 saturated heterocycles. The summed E-state index contributed by atoms with van der Waals surface area (Å²) in [6.45, 7) is 1.93. The summed E-state index contributed by atoms with van der Waals surface area (Å²) in [5.41, 5.74) is 1.11. The highest BCUT2D eigenvalue weighted by Gasteiger charge is 2.19. The highest BCUT2D eigenvalue weighted by molar-refractivity contribution is 5.34. The van der Waals surface area contributed by atoms with Crippen molar-refractivity contribution < 1.29 is 8.78 Å². The molecule has 0 spiro atoms. The van der Waals surface area contributed by atoms with E-state index < -0.39 is 11.6 Å². The molecule has 88 valence electrons. The lowest BCUT2D eigenvalue weighted by Crippen LogP contribution is -2.05. The van der Waals surface area contributed by atoms with Crippen molar-refractivity contribution in [2.24, 2.45) is 0 Å². The molecule has 1 atom stereocenters. The zero-order chi connectivity index (χ0) is 12.3. The molecule has 0 saturated carbocycles. The van der Waals surface area contributed by atoms with Crippen LogP contribution in [-0.2, 0) is 0 Å². The number of halogens is 2. The Hall–Kier alpha value is -1.70. The van der Waals surface area contributed by atoms with Gasteiger partial charge in [-0.05, 0) is 24.1 Å². The van der Waals surface area contributed by atoms with Crippen LogP contribution in [0.25, 0.3) is 0 Å². The van der Waals surface area contributed by atoms with Gasteiger partial charge in [0.25, 0.3) is 0 Å². The highest BCUT2D eigenvalue weighted by atomic mass is 19.1. The van der Waals surface area contributed by atoms with Gasteiger partial charge in [-0.15, -0.1) is 0 Å². The van der Waals surface area contributed by atoms with E-state index in [1.165, 1.54) is 18.2 Å². The van der Waals surface area contributed by atoms with E-state index in [4.69, 9.17) is 0 Å². The largest absolute Gasteiger partial charge is 0.207 e. The van der Waals surface area contributed by atoms with Crippen molar-refractivity contribution in [2.45, 2.75) is 19.3 Å². The molecule has 1 unspecified atom stereocenters. The minimum atomic E-state index is -0.472. The normalized spacial score (nSPS) is 12.4. The number of hydrogen-bond donors (Lipinski definition) is 0. The molecule has 0 radical (unpaired) electrons. The second-order valence-electron chi connectivity index (χ2n) is 4.01. The fourth-order valence-electron chi connectivity index (χ4n) is 2.14. The molecule has 2 aromatic carbocycles. The summed E-state index contributed by atoms with van der Waals surface area (Å²) in [7, 11) is 0. The molecule has 0 nitrogen and oxygen atoms in total. The Morgan fingerprint density at radius 2 is 1.47 bits per heavy atom. The van der Waals surface area contributed by atoms with Gasteiger partial charge in [-0.25, -0.2) is 8.78 Å². The third kappa shape index (κ3) is 2.36. The van der Waals surface area contributed by atoms with Gasteiger partial charge in [-0.1, -0.05) is 43.3 Å². The van der Waals surface area contributed by atoms with Crippen molar-refractivity contribution in [3.8, 4) is 0 Å². The monoisotopic (exact) mass is 232 g/mol. The molecule has 0 amide bonds. The number of benzene rings is 2. The van der Waals surface area contributed by atoms with E-state index in [-0.39, 0.29) is 11.5 Å². The van der Waals surface area contributed by atoms with Crippen molar-refractivity contribution in [1.82, 2.24) is 0 Å². The van der Waals surface area contributed by atoms with Gasteiger partial charge in [0.2, 0.25) is 0 Å². The lowest BCUT2D eigenvalue weighted by molar-refractivity contribution is 0.536. The van der Waals surface area contributed by atoms with Crippen LogP contribution in [0.1, 0.15) is 30.4 Å². The molecule has 17 heavy (non-hydrogen) atoms. The average Bonchev–Trinajstić information content (AvgIpc) is 2.35. The molecule has 0 aliphatic heterocycles. The van der Waals surface area contributed by atoms with E-state index in [0.717, 1.165) is 5.56 Å². The Morgan fingerprint density at radius 3 is 2.00 bits per heavy atom. The van der Waals surface area contributed by atoms with Crippen LogP contribution in [0.3, 0.4) is 0 Å². The van der Waals surface area contributed by atoms with Crippen LogP contribution in [0.15, 0.2) is 48.5 Å². The first kappa shape index (κ1) is 11.8. The van der Waals surface area contributed by atoms with E-state index in [1.807, 2.05) is 37.3 Å².